The first kappa shape index (κ1) is 8.44. The van der Waals surface area contributed by atoms with E-state index in [1.165, 1.54) is 10.1 Å². The highest BCUT2D eigenvalue weighted by atomic mass is 79.9. The fourth-order valence-electron chi connectivity index (χ4n) is 0.433. The summed E-state index contributed by atoms with van der Waals surface area (Å²) in [6, 6.07) is 0. The molecule has 0 bridgehead atoms. The zero-order chi connectivity index (χ0) is 6.73. The molecule has 0 saturated heterocycles. The molecule has 0 spiro atoms. The highest BCUT2D eigenvalue weighted by Gasteiger charge is 1.98. The molecule has 1 atom stereocenters. The van der Waals surface area contributed by atoms with E-state index >= 15 is 0 Å². The van der Waals surface area contributed by atoms with Crippen LogP contribution in [0.5, 0.6) is 0 Å². The average Bonchev–Trinajstić information content (AvgIpc) is 1.64. The molecule has 0 aliphatic carbocycles. The normalized spacial score (nSPS) is 13.1. The van der Waals surface area contributed by atoms with Crippen LogP contribution in [-0.4, -0.2) is 10.2 Å². The second kappa shape index (κ2) is 3.46. The van der Waals surface area contributed by atoms with Crippen molar-refractivity contribution in [2.24, 2.45) is 0 Å². The standard InChI is InChI=1S/C6H10BrSi/c1-4(2)6(7)5(3)8/h5H,1-3H3. The van der Waals surface area contributed by atoms with Crippen molar-refractivity contribution < 1.29 is 0 Å². The van der Waals surface area contributed by atoms with Gasteiger partial charge >= 0.3 is 0 Å². The number of hydrogen-bond donors (Lipinski definition) is 0. The van der Waals surface area contributed by atoms with Crippen LogP contribution in [0.25, 0.3) is 0 Å². The van der Waals surface area contributed by atoms with Crippen molar-refractivity contribution in [3.8, 4) is 0 Å². The predicted octanol–water partition coefficient (Wildman–Crippen LogP) is 2.65. The van der Waals surface area contributed by atoms with Crippen molar-refractivity contribution in [1.82, 2.24) is 0 Å². The van der Waals surface area contributed by atoms with E-state index in [1.807, 2.05) is 0 Å². The first-order chi connectivity index (χ1) is 3.55. The van der Waals surface area contributed by atoms with Crippen molar-refractivity contribution in [3.05, 3.63) is 10.1 Å². The number of allylic oxidation sites excluding steroid dienone is 2. The summed E-state index contributed by atoms with van der Waals surface area (Å²) >= 11 is 3.44. The van der Waals surface area contributed by atoms with Gasteiger partial charge < -0.3 is 0 Å². The highest BCUT2D eigenvalue weighted by molar-refractivity contribution is 9.11. The Morgan fingerprint density at radius 3 is 1.88 bits per heavy atom. The summed E-state index contributed by atoms with van der Waals surface area (Å²) in [7, 11) is 3.48. The number of rotatable bonds is 1. The Morgan fingerprint density at radius 2 is 1.88 bits per heavy atom. The first-order valence-electron chi connectivity index (χ1n) is 2.59. The molecule has 0 N–H and O–H groups in total. The lowest BCUT2D eigenvalue weighted by Gasteiger charge is -2.03. The molecule has 0 rings (SSSR count). The van der Waals surface area contributed by atoms with E-state index in [0.29, 0.717) is 5.54 Å². The largest absolute Gasteiger partial charge is 0.0664 e. The first-order valence-corrected chi connectivity index (χ1v) is 3.96. The van der Waals surface area contributed by atoms with Crippen LogP contribution in [0.1, 0.15) is 20.8 Å². The number of halogens is 1. The lowest BCUT2D eigenvalue weighted by molar-refractivity contribution is 1.15. The molecular weight excluding hydrogens is 180 g/mol. The molecule has 0 nitrogen and oxygen atoms in total. The maximum absolute atomic E-state index is 3.48. The SMILES string of the molecule is CC(C)=C(Br)C(C)[Si]. The second-order valence-corrected chi connectivity index (χ2v) is 3.79. The third-order valence-electron chi connectivity index (χ3n) is 0.858. The molecule has 0 fully saturated rings. The lowest BCUT2D eigenvalue weighted by Crippen LogP contribution is -1.85. The Morgan fingerprint density at radius 1 is 1.50 bits per heavy atom. The van der Waals surface area contributed by atoms with Crippen molar-refractivity contribution in [2.45, 2.75) is 26.3 Å². The van der Waals surface area contributed by atoms with Crippen LogP contribution in [0.2, 0.25) is 5.54 Å². The minimum atomic E-state index is 0.444. The minimum absolute atomic E-state index is 0.444. The van der Waals surface area contributed by atoms with E-state index < -0.39 is 0 Å². The van der Waals surface area contributed by atoms with Crippen molar-refractivity contribution >= 4 is 26.2 Å². The van der Waals surface area contributed by atoms with Gasteiger partial charge in [-0.3, -0.25) is 0 Å². The minimum Gasteiger partial charge on any atom is -0.0664 e. The van der Waals surface area contributed by atoms with Gasteiger partial charge in [0.15, 0.2) is 0 Å². The van der Waals surface area contributed by atoms with E-state index in [-0.39, 0.29) is 0 Å². The summed E-state index contributed by atoms with van der Waals surface area (Å²) in [6.45, 7) is 6.26. The van der Waals surface area contributed by atoms with Gasteiger partial charge in [-0.15, -0.1) is 0 Å². The van der Waals surface area contributed by atoms with Crippen LogP contribution in [0.3, 0.4) is 0 Å². The summed E-state index contributed by atoms with van der Waals surface area (Å²) in [5.41, 5.74) is 1.77. The average molecular weight is 190 g/mol. The van der Waals surface area contributed by atoms with E-state index in [0.717, 1.165) is 0 Å². The Balaban J connectivity index is 4.00. The molecule has 0 aromatic rings. The zero-order valence-electron chi connectivity index (χ0n) is 5.46. The summed E-state index contributed by atoms with van der Waals surface area (Å²) in [5.74, 6) is 0. The molecule has 0 aliphatic heterocycles. The Labute approximate surface area is 62.9 Å². The Hall–Kier alpha value is 0.437. The topological polar surface area (TPSA) is 0 Å². The van der Waals surface area contributed by atoms with Crippen LogP contribution in [0, 0.1) is 0 Å². The van der Waals surface area contributed by atoms with Crippen LogP contribution in [0.15, 0.2) is 10.1 Å². The molecule has 8 heavy (non-hydrogen) atoms. The quantitative estimate of drug-likeness (QED) is 0.557. The zero-order valence-corrected chi connectivity index (χ0v) is 8.04. The van der Waals surface area contributed by atoms with E-state index in [1.54, 1.807) is 0 Å². The maximum atomic E-state index is 3.48. The fraction of sp³-hybridized carbons (Fsp3) is 0.667. The van der Waals surface area contributed by atoms with Gasteiger partial charge in [0.1, 0.15) is 0 Å². The van der Waals surface area contributed by atoms with Crippen molar-refractivity contribution in [1.29, 1.82) is 0 Å². The van der Waals surface area contributed by atoms with Gasteiger partial charge in [0.05, 0.1) is 0 Å². The van der Waals surface area contributed by atoms with Gasteiger partial charge in [-0.05, 0) is 23.9 Å². The summed E-state index contributed by atoms with van der Waals surface area (Å²) in [5, 5.41) is 0. The van der Waals surface area contributed by atoms with Gasteiger partial charge in [-0.2, -0.15) is 0 Å². The van der Waals surface area contributed by atoms with Crippen molar-refractivity contribution in [2.75, 3.05) is 0 Å². The molecule has 2 heteroatoms. The number of hydrogen-bond acceptors (Lipinski definition) is 0. The highest BCUT2D eigenvalue weighted by Crippen LogP contribution is 2.22. The molecule has 0 heterocycles. The lowest BCUT2D eigenvalue weighted by atomic mass is 10.3. The van der Waals surface area contributed by atoms with E-state index in [2.05, 4.69) is 46.9 Å². The molecule has 0 amide bonds. The molecule has 0 aliphatic rings. The van der Waals surface area contributed by atoms with Gasteiger partial charge in [-0.25, -0.2) is 0 Å². The predicted molar refractivity (Wildman–Crippen MR) is 42.5 cm³/mol. The molecule has 0 aromatic carbocycles. The van der Waals surface area contributed by atoms with E-state index in [4.69, 9.17) is 0 Å². The van der Waals surface area contributed by atoms with Crippen LogP contribution in [0.4, 0.5) is 0 Å². The third-order valence-corrected chi connectivity index (χ3v) is 3.05. The Kier molecular flexibility index (Phi) is 3.65. The summed E-state index contributed by atoms with van der Waals surface area (Å²) < 4.78 is 1.24. The monoisotopic (exact) mass is 189 g/mol. The van der Waals surface area contributed by atoms with Gasteiger partial charge in [-0.1, -0.05) is 28.4 Å². The maximum Gasteiger partial charge on any atom is 0.0334 e. The summed E-state index contributed by atoms with van der Waals surface area (Å²) in [6.07, 6.45) is 0. The Bertz CT molecular complexity index is 101. The second-order valence-electron chi connectivity index (χ2n) is 2.07. The molecule has 45 valence electrons. The fourth-order valence-corrected chi connectivity index (χ4v) is 0.722. The van der Waals surface area contributed by atoms with E-state index in [9.17, 15) is 0 Å². The van der Waals surface area contributed by atoms with Crippen LogP contribution >= 0.6 is 15.9 Å². The van der Waals surface area contributed by atoms with Crippen LogP contribution in [-0.2, 0) is 0 Å². The van der Waals surface area contributed by atoms with Crippen LogP contribution < -0.4 is 0 Å². The van der Waals surface area contributed by atoms with Crippen molar-refractivity contribution in [3.63, 3.8) is 0 Å². The van der Waals surface area contributed by atoms with Gasteiger partial charge in [0.25, 0.3) is 0 Å². The molecule has 0 saturated carbocycles. The molecule has 0 aromatic heterocycles. The smallest absolute Gasteiger partial charge is 0.0334 e. The molecular formula is C6H10BrSi. The third kappa shape index (κ3) is 2.67. The molecule has 1 unspecified atom stereocenters. The summed E-state index contributed by atoms with van der Waals surface area (Å²) in [4.78, 5) is 0. The van der Waals surface area contributed by atoms with Gasteiger partial charge in [0, 0.05) is 10.2 Å². The van der Waals surface area contributed by atoms with Gasteiger partial charge in [0.2, 0.25) is 0 Å². The molecule has 3 radical (unpaired) electrons.